The van der Waals surface area contributed by atoms with Gasteiger partial charge < -0.3 is 18.4 Å². The topological polar surface area (TPSA) is 93.7 Å². The molecule has 2 amide bonds. The fourth-order valence-corrected chi connectivity index (χ4v) is 2.73. The molecule has 0 aromatic carbocycles. The summed E-state index contributed by atoms with van der Waals surface area (Å²) in [5.41, 5.74) is 0. The van der Waals surface area contributed by atoms with Crippen molar-refractivity contribution in [3.63, 3.8) is 0 Å². The summed E-state index contributed by atoms with van der Waals surface area (Å²) in [7, 11) is 0. The van der Waals surface area contributed by atoms with Gasteiger partial charge in [0.2, 0.25) is 11.8 Å². The number of carbonyl (C=O) groups is 3. The molecule has 0 heterocycles. The highest BCUT2D eigenvalue weighted by molar-refractivity contribution is 14.1. The van der Waals surface area contributed by atoms with E-state index in [0.29, 0.717) is 19.8 Å². The molecular weight excluding hydrogens is 415 g/mol. The lowest BCUT2D eigenvalue weighted by Gasteiger charge is -2.27. The van der Waals surface area contributed by atoms with Gasteiger partial charge >= 0.3 is 0 Å². The zero-order valence-corrected chi connectivity index (χ0v) is 15.6. The number of nitrogens with one attached hydrogen (secondary N) is 2. The van der Waals surface area contributed by atoms with Crippen molar-refractivity contribution in [2.24, 2.45) is 5.92 Å². The third-order valence-electron chi connectivity index (χ3n) is 3.89. The van der Waals surface area contributed by atoms with Crippen LogP contribution in [0.5, 0.6) is 0 Å². The van der Waals surface area contributed by atoms with Gasteiger partial charge in [-0.2, -0.15) is 0 Å². The van der Waals surface area contributed by atoms with E-state index in [1.807, 2.05) is 0 Å². The molecule has 132 valence electrons. The second kappa shape index (κ2) is 11.7. The number of ketones is 1. The lowest BCUT2D eigenvalue weighted by atomic mass is 9.84. The zero-order valence-electron chi connectivity index (χ0n) is 13.4. The van der Waals surface area contributed by atoms with Gasteiger partial charge in [-0.15, -0.1) is 0 Å². The maximum Gasteiger partial charge on any atom is 0.239 e. The summed E-state index contributed by atoms with van der Waals surface area (Å²) in [5.74, 6) is -0.0329. The van der Waals surface area contributed by atoms with Crippen LogP contribution in [0, 0.1) is 5.92 Å². The van der Waals surface area contributed by atoms with E-state index in [2.05, 4.69) is 10.6 Å². The highest BCUT2D eigenvalue weighted by atomic mass is 127. The summed E-state index contributed by atoms with van der Waals surface area (Å²) in [5, 5.41) is 5.48. The van der Waals surface area contributed by atoms with E-state index in [0.717, 1.165) is 25.7 Å². The molecule has 2 N–H and O–H groups in total. The Labute approximate surface area is 150 Å². The Bertz CT molecular complexity index is 397. The van der Waals surface area contributed by atoms with E-state index in [1.165, 1.54) is 0 Å². The summed E-state index contributed by atoms with van der Waals surface area (Å²) in [6.45, 7) is 2.83. The predicted octanol–water partition coefficient (Wildman–Crippen LogP) is 1.14. The highest BCUT2D eigenvalue weighted by Crippen LogP contribution is 2.24. The van der Waals surface area contributed by atoms with E-state index >= 15 is 0 Å². The quantitative estimate of drug-likeness (QED) is 0.393. The van der Waals surface area contributed by atoms with Crippen molar-refractivity contribution in [3.05, 3.63) is 0 Å². The van der Waals surface area contributed by atoms with Gasteiger partial charge in [-0.05, 0) is 32.6 Å². The lowest BCUT2D eigenvalue weighted by molar-refractivity contribution is -0.127. The van der Waals surface area contributed by atoms with Crippen molar-refractivity contribution in [3.8, 4) is 0 Å². The van der Waals surface area contributed by atoms with Crippen molar-refractivity contribution in [2.45, 2.75) is 45.1 Å². The third kappa shape index (κ3) is 9.21. The van der Waals surface area contributed by atoms with Crippen molar-refractivity contribution >= 4 is 40.6 Å². The number of hydrogen-bond acceptors (Lipinski definition) is 5. The van der Waals surface area contributed by atoms with Crippen molar-refractivity contribution in [2.75, 3.05) is 26.4 Å². The van der Waals surface area contributed by atoms with Gasteiger partial charge in [-0.1, -0.05) is 0 Å². The number of Topliss-reactive ketones (excluding diaryl/α,β-unsaturated/α-hetero) is 1. The number of halogens is 1. The van der Waals surface area contributed by atoms with Gasteiger partial charge in [0.1, 0.15) is 28.8 Å². The molecule has 0 atom stereocenters. The van der Waals surface area contributed by atoms with Gasteiger partial charge in [0.05, 0.1) is 26.4 Å². The minimum atomic E-state index is -0.212. The molecule has 1 rings (SSSR count). The van der Waals surface area contributed by atoms with Crippen molar-refractivity contribution in [1.82, 2.24) is 10.6 Å². The first-order chi connectivity index (χ1) is 11.0. The van der Waals surface area contributed by atoms with Crippen LogP contribution in [0.2, 0.25) is 0 Å². The summed E-state index contributed by atoms with van der Waals surface area (Å²) < 4.78 is 9.98. The van der Waals surface area contributed by atoms with Crippen LogP contribution in [0.15, 0.2) is 0 Å². The molecule has 0 saturated heterocycles. The van der Waals surface area contributed by atoms with Crippen LogP contribution in [-0.4, -0.2) is 50.0 Å². The molecule has 1 aliphatic rings. The number of amides is 2. The Morgan fingerprint density at radius 3 is 2.35 bits per heavy atom. The molecule has 8 heteroatoms. The maximum atomic E-state index is 11.8. The van der Waals surface area contributed by atoms with Crippen LogP contribution in [0.3, 0.4) is 0 Å². The fourth-order valence-electron chi connectivity index (χ4n) is 2.55. The molecule has 0 aliphatic heterocycles. The van der Waals surface area contributed by atoms with Crippen LogP contribution in [-0.2, 0) is 22.2 Å². The number of rotatable bonds is 10. The van der Waals surface area contributed by atoms with Crippen molar-refractivity contribution in [1.29, 1.82) is 0 Å². The Morgan fingerprint density at radius 1 is 1.04 bits per heavy atom. The average Bonchev–Trinajstić information content (AvgIpc) is 2.53. The first kappa shape index (κ1) is 20.3. The fraction of sp³-hybridized carbons (Fsp3) is 0.800. The predicted molar refractivity (Wildman–Crippen MR) is 93.0 cm³/mol. The van der Waals surface area contributed by atoms with E-state index in [1.54, 1.807) is 29.9 Å². The molecular formula is C15H25IN2O5. The first-order valence-corrected chi connectivity index (χ1v) is 8.78. The normalized spacial score (nSPS) is 20.8. The Morgan fingerprint density at radius 2 is 1.74 bits per heavy atom. The first-order valence-electron chi connectivity index (χ1n) is 7.90. The molecule has 0 aromatic heterocycles. The molecule has 0 radical (unpaired) electrons. The van der Waals surface area contributed by atoms with Crippen LogP contribution >= 0.6 is 23.0 Å². The maximum absolute atomic E-state index is 11.8. The summed E-state index contributed by atoms with van der Waals surface area (Å²) in [6, 6.07) is 0.103. The Kier molecular flexibility index (Phi) is 10.4. The van der Waals surface area contributed by atoms with Crippen LogP contribution in [0.4, 0.5) is 0 Å². The highest BCUT2D eigenvalue weighted by Gasteiger charge is 2.24. The average molecular weight is 440 g/mol. The van der Waals surface area contributed by atoms with Crippen LogP contribution in [0.1, 0.15) is 39.0 Å². The second-order valence-corrected chi connectivity index (χ2v) is 6.30. The molecule has 1 aliphatic carbocycles. The second-order valence-electron chi connectivity index (χ2n) is 5.68. The zero-order chi connectivity index (χ0) is 17.1. The molecule has 1 saturated carbocycles. The molecule has 0 aromatic rings. The molecule has 0 spiro atoms. The summed E-state index contributed by atoms with van der Waals surface area (Å²) in [6.07, 6.45) is 3.50. The SMILES string of the molecule is CC(=O)C1CCC(NC(=O)CNC(=O)CCOCCOI)CC1. The van der Waals surface area contributed by atoms with Crippen molar-refractivity contribution < 1.29 is 22.2 Å². The third-order valence-corrected chi connectivity index (χ3v) is 4.33. The molecule has 7 nitrogen and oxygen atoms in total. The minimum Gasteiger partial charge on any atom is -0.378 e. The molecule has 0 bridgehead atoms. The minimum absolute atomic E-state index is 0.0255. The number of ether oxygens (including phenoxy) is 1. The largest absolute Gasteiger partial charge is 0.378 e. The number of carbonyl (C=O) groups excluding carboxylic acids is 3. The summed E-state index contributed by atoms with van der Waals surface area (Å²) >= 11 is 1.78. The molecule has 0 unspecified atom stereocenters. The van der Waals surface area contributed by atoms with Gasteiger partial charge in [0.25, 0.3) is 0 Å². The molecule has 1 fully saturated rings. The van der Waals surface area contributed by atoms with E-state index < -0.39 is 0 Å². The van der Waals surface area contributed by atoms with Gasteiger partial charge in [-0.25, -0.2) is 0 Å². The Balaban J connectivity index is 2.08. The van der Waals surface area contributed by atoms with E-state index in [-0.39, 0.29) is 42.5 Å². The Hall–Kier alpha value is -0.740. The van der Waals surface area contributed by atoms with Gasteiger partial charge in [0, 0.05) is 18.4 Å². The summed E-state index contributed by atoms with van der Waals surface area (Å²) in [4.78, 5) is 34.7. The van der Waals surface area contributed by atoms with E-state index in [9.17, 15) is 14.4 Å². The standard InChI is InChI=1S/C15H25IN2O5/c1-11(19)12-2-4-13(5-3-12)18-15(21)10-17-14(20)6-7-22-8-9-23-16/h12-13H,2-10H2,1H3,(H,17,20)(H,18,21). The van der Waals surface area contributed by atoms with Crippen LogP contribution in [0.25, 0.3) is 0 Å². The van der Waals surface area contributed by atoms with Gasteiger partial charge in [-0.3, -0.25) is 14.4 Å². The smallest absolute Gasteiger partial charge is 0.239 e. The lowest BCUT2D eigenvalue weighted by Crippen LogP contribution is -2.43. The monoisotopic (exact) mass is 440 g/mol. The van der Waals surface area contributed by atoms with Crippen LogP contribution < -0.4 is 10.6 Å². The van der Waals surface area contributed by atoms with E-state index in [4.69, 9.17) is 7.80 Å². The number of hydrogen-bond donors (Lipinski definition) is 2. The van der Waals surface area contributed by atoms with Gasteiger partial charge in [0.15, 0.2) is 0 Å². The molecule has 23 heavy (non-hydrogen) atoms.